The molecule has 0 aliphatic heterocycles. The van der Waals surface area contributed by atoms with E-state index in [1.165, 1.54) is 6.07 Å². The number of aromatic nitrogens is 1. The number of rotatable bonds is 2. The van der Waals surface area contributed by atoms with Crippen molar-refractivity contribution in [1.82, 2.24) is 4.57 Å². The molecule has 1 heterocycles. The van der Waals surface area contributed by atoms with Gasteiger partial charge in [-0.05, 0) is 13.3 Å². The summed E-state index contributed by atoms with van der Waals surface area (Å²) in [5.41, 5.74) is 0.967. The maximum Gasteiger partial charge on any atom is 0.194 e. The van der Waals surface area contributed by atoms with E-state index in [4.69, 9.17) is 11.6 Å². The largest absolute Gasteiger partial charge is 0.504 e. The number of benzene rings is 1. The van der Waals surface area contributed by atoms with Crippen LogP contribution in [0.15, 0.2) is 17.1 Å². The Hall–Kier alpha value is -1.68. The Morgan fingerprint density at radius 3 is 2.56 bits per heavy atom. The molecular formula is C13H14ClNO3. The SMILES string of the molecule is CCc1cn(CC)c2cc(O)c(O)c(Cl)c2c1=O. The van der Waals surface area contributed by atoms with Crippen LogP contribution in [0.1, 0.15) is 19.4 Å². The van der Waals surface area contributed by atoms with Gasteiger partial charge < -0.3 is 14.8 Å². The normalized spacial score (nSPS) is 11.1. The Kier molecular flexibility index (Phi) is 3.22. The van der Waals surface area contributed by atoms with Crippen molar-refractivity contribution >= 4 is 22.5 Å². The first-order valence-electron chi connectivity index (χ1n) is 5.77. The summed E-state index contributed by atoms with van der Waals surface area (Å²) in [6.45, 7) is 4.46. The number of pyridine rings is 1. The van der Waals surface area contributed by atoms with E-state index in [1.807, 2.05) is 18.4 Å². The fourth-order valence-corrected chi connectivity index (χ4v) is 2.33. The third kappa shape index (κ3) is 1.73. The fourth-order valence-electron chi connectivity index (χ4n) is 2.05. The molecule has 4 nitrogen and oxygen atoms in total. The van der Waals surface area contributed by atoms with Crippen molar-refractivity contribution in [1.29, 1.82) is 0 Å². The number of hydrogen-bond acceptors (Lipinski definition) is 3. The Balaban J connectivity index is 3.05. The van der Waals surface area contributed by atoms with Gasteiger partial charge in [-0.3, -0.25) is 4.79 Å². The van der Waals surface area contributed by atoms with Crippen LogP contribution in [0.25, 0.3) is 10.9 Å². The maximum atomic E-state index is 12.2. The lowest BCUT2D eigenvalue weighted by molar-refractivity contribution is 0.405. The van der Waals surface area contributed by atoms with Crippen molar-refractivity contribution in [3.63, 3.8) is 0 Å². The van der Waals surface area contributed by atoms with Gasteiger partial charge in [0.05, 0.1) is 15.9 Å². The number of fused-ring (bicyclic) bond motifs is 1. The first-order chi connectivity index (χ1) is 8.51. The van der Waals surface area contributed by atoms with Crippen LogP contribution in [0.2, 0.25) is 5.02 Å². The van der Waals surface area contributed by atoms with Gasteiger partial charge in [-0.2, -0.15) is 0 Å². The number of aromatic hydroxyl groups is 2. The van der Waals surface area contributed by atoms with Crippen molar-refractivity contribution < 1.29 is 10.2 Å². The fraction of sp³-hybridized carbons (Fsp3) is 0.308. The molecule has 0 amide bonds. The second-order valence-corrected chi connectivity index (χ2v) is 4.45. The molecule has 96 valence electrons. The van der Waals surface area contributed by atoms with Crippen molar-refractivity contribution in [2.24, 2.45) is 0 Å². The molecule has 0 aliphatic rings. The van der Waals surface area contributed by atoms with E-state index in [2.05, 4.69) is 0 Å². The molecule has 18 heavy (non-hydrogen) atoms. The molecule has 0 saturated carbocycles. The Labute approximate surface area is 109 Å². The predicted molar refractivity (Wildman–Crippen MR) is 71.6 cm³/mol. The molecule has 5 heteroatoms. The van der Waals surface area contributed by atoms with Crippen LogP contribution in [0, 0.1) is 0 Å². The monoisotopic (exact) mass is 267 g/mol. The second-order valence-electron chi connectivity index (χ2n) is 4.08. The first kappa shape index (κ1) is 12.8. The van der Waals surface area contributed by atoms with E-state index < -0.39 is 5.75 Å². The van der Waals surface area contributed by atoms with E-state index >= 15 is 0 Å². The standard InChI is InChI=1S/C13H14ClNO3/c1-3-7-6-15(4-2)8-5-9(16)13(18)11(14)10(8)12(7)17/h5-6,16,18H,3-4H2,1-2H3. The minimum atomic E-state index is -0.447. The summed E-state index contributed by atoms with van der Waals surface area (Å²) >= 11 is 5.97. The smallest absolute Gasteiger partial charge is 0.194 e. The Morgan fingerprint density at radius 1 is 1.33 bits per heavy atom. The van der Waals surface area contributed by atoms with E-state index in [0.717, 1.165) is 0 Å². The van der Waals surface area contributed by atoms with Gasteiger partial charge in [-0.15, -0.1) is 0 Å². The molecule has 0 atom stereocenters. The van der Waals surface area contributed by atoms with Gasteiger partial charge in [0.15, 0.2) is 16.9 Å². The average molecular weight is 268 g/mol. The highest BCUT2D eigenvalue weighted by Gasteiger charge is 2.16. The van der Waals surface area contributed by atoms with Crippen LogP contribution in [0.3, 0.4) is 0 Å². The van der Waals surface area contributed by atoms with Crippen molar-refractivity contribution in [3.8, 4) is 11.5 Å². The number of aryl methyl sites for hydroxylation is 2. The van der Waals surface area contributed by atoms with E-state index in [0.29, 0.717) is 24.0 Å². The van der Waals surface area contributed by atoms with Gasteiger partial charge in [0.25, 0.3) is 0 Å². The molecule has 0 bridgehead atoms. The third-order valence-electron chi connectivity index (χ3n) is 3.06. The highest BCUT2D eigenvalue weighted by atomic mass is 35.5. The molecule has 0 fully saturated rings. The second kappa shape index (κ2) is 4.53. The van der Waals surface area contributed by atoms with E-state index in [-0.39, 0.29) is 21.6 Å². The molecule has 1 aromatic carbocycles. The number of phenolic OH excluding ortho intramolecular Hbond substituents is 2. The molecule has 2 aromatic rings. The van der Waals surface area contributed by atoms with Gasteiger partial charge in [-0.1, -0.05) is 18.5 Å². The van der Waals surface area contributed by atoms with Gasteiger partial charge in [0.2, 0.25) is 0 Å². The molecule has 0 radical (unpaired) electrons. The quantitative estimate of drug-likeness (QED) is 0.823. The number of hydrogen-bond donors (Lipinski definition) is 2. The number of nitrogens with zero attached hydrogens (tertiary/aromatic N) is 1. The van der Waals surface area contributed by atoms with Crippen LogP contribution in [-0.2, 0) is 13.0 Å². The molecule has 0 unspecified atom stereocenters. The van der Waals surface area contributed by atoms with Crippen molar-refractivity contribution in [2.75, 3.05) is 0 Å². The molecule has 0 aliphatic carbocycles. The lowest BCUT2D eigenvalue weighted by Gasteiger charge is -2.13. The Bertz CT molecular complexity index is 676. The first-order valence-corrected chi connectivity index (χ1v) is 6.15. The van der Waals surface area contributed by atoms with Crippen LogP contribution < -0.4 is 5.43 Å². The summed E-state index contributed by atoms with van der Waals surface area (Å²) in [5.74, 6) is -0.768. The molecule has 0 spiro atoms. The van der Waals surface area contributed by atoms with Crippen LogP contribution >= 0.6 is 11.6 Å². The van der Waals surface area contributed by atoms with Crippen LogP contribution in [0.5, 0.6) is 11.5 Å². The minimum absolute atomic E-state index is 0.0903. The van der Waals surface area contributed by atoms with Gasteiger partial charge in [0.1, 0.15) is 0 Å². The zero-order valence-electron chi connectivity index (χ0n) is 10.2. The zero-order chi connectivity index (χ0) is 13.4. The molecule has 2 rings (SSSR count). The minimum Gasteiger partial charge on any atom is -0.504 e. The predicted octanol–water partition coefficient (Wildman–Crippen LogP) is 2.65. The van der Waals surface area contributed by atoms with Crippen LogP contribution in [-0.4, -0.2) is 14.8 Å². The molecular weight excluding hydrogens is 254 g/mol. The van der Waals surface area contributed by atoms with Crippen molar-refractivity contribution in [3.05, 3.63) is 33.1 Å². The average Bonchev–Trinajstić information content (AvgIpc) is 2.36. The topological polar surface area (TPSA) is 62.5 Å². The number of halogens is 1. The van der Waals surface area contributed by atoms with E-state index in [1.54, 1.807) is 6.20 Å². The summed E-state index contributed by atoms with van der Waals surface area (Å²) in [5, 5.41) is 19.4. The lowest BCUT2D eigenvalue weighted by Crippen LogP contribution is -2.14. The summed E-state index contributed by atoms with van der Waals surface area (Å²) in [6, 6.07) is 1.36. The van der Waals surface area contributed by atoms with Crippen molar-refractivity contribution in [2.45, 2.75) is 26.8 Å². The Morgan fingerprint density at radius 2 is 2.00 bits per heavy atom. The van der Waals surface area contributed by atoms with Gasteiger partial charge in [-0.25, -0.2) is 0 Å². The number of phenols is 2. The summed E-state index contributed by atoms with van der Waals surface area (Å²) in [4.78, 5) is 12.2. The van der Waals surface area contributed by atoms with E-state index in [9.17, 15) is 15.0 Å². The van der Waals surface area contributed by atoms with Gasteiger partial charge in [0, 0.05) is 24.4 Å². The highest BCUT2D eigenvalue weighted by molar-refractivity contribution is 6.37. The highest BCUT2D eigenvalue weighted by Crippen LogP contribution is 2.38. The lowest BCUT2D eigenvalue weighted by atomic mass is 10.1. The molecule has 0 saturated heterocycles. The van der Waals surface area contributed by atoms with Gasteiger partial charge >= 0.3 is 0 Å². The zero-order valence-corrected chi connectivity index (χ0v) is 11.0. The summed E-state index contributed by atoms with van der Waals surface area (Å²) in [7, 11) is 0. The summed E-state index contributed by atoms with van der Waals surface area (Å²) in [6.07, 6.45) is 2.35. The van der Waals surface area contributed by atoms with Crippen LogP contribution in [0.4, 0.5) is 0 Å². The summed E-state index contributed by atoms with van der Waals surface area (Å²) < 4.78 is 1.83. The molecule has 2 N–H and O–H groups in total. The maximum absolute atomic E-state index is 12.2. The third-order valence-corrected chi connectivity index (χ3v) is 3.43. The molecule has 1 aromatic heterocycles.